The fourth-order valence-corrected chi connectivity index (χ4v) is 4.23. The first-order valence-corrected chi connectivity index (χ1v) is 11.4. The van der Waals surface area contributed by atoms with Gasteiger partial charge in [0.05, 0.1) is 0 Å². The molecule has 32 heavy (non-hydrogen) atoms. The molecule has 1 amide bonds. The fraction of sp³-hybridized carbons (Fsp3) is 0.321. The molecule has 1 unspecified atom stereocenters. The Labute approximate surface area is 190 Å². The van der Waals surface area contributed by atoms with Crippen molar-refractivity contribution in [1.82, 2.24) is 10.2 Å². The first-order chi connectivity index (χ1) is 15.4. The van der Waals surface area contributed by atoms with E-state index in [2.05, 4.69) is 49.3 Å². The Morgan fingerprint density at radius 1 is 1.00 bits per heavy atom. The molecule has 0 heterocycles. The van der Waals surface area contributed by atoms with Gasteiger partial charge in [0.1, 0.15) is 5.82 Å². The van der Waals surface area contributed by atoms with E-state index < -0.39 is 0 Å². The van der Waals surface area contributed by atoms with E-state index in [1.54, 1.807) is 12.1 Å². The minimum atomic E-state index is -0.252. The lowest BCUT2D eigenvalue weighted by atomic mass is 9.87. The number of aryl methyl sites for hydroxylation is 1. The van der Waals surface area contributed by atoms with E-state index in [1.165, 1.54) is 28.8 Å². The molecule has 1 N–H and O–H groups in total. The zero-order valence-corrected chi connectivity index (χ0v) is 19.1. The molecular weight excluding hydrogens is 399 g/mol. The van der Waals surface area contributed by atoms with Crippen molar-refractivity contribution < 1.29 is 9.18 Å². The topological polar surface area (TPSA) is 32.3 Å². The molecule has 3 aromatic rings. The van der Waals surface area contributed by atoms with Gasteiger partial charge < -0.3 is 5.32 Å². The number of halogens is 1. The highest BCUT2D eigenvalue weighted by atomic mass is 19.1. The number of hydrogen-bond acceptors (Lipinski definition) is 2. The molecule has 0 saturated heterocycles. The lowest BCUT2D eigenvalue weighted by Crippen LogP contribution is -2.38. The highest BCUT2D eigenvalue weighted by Gasteiger charge is 2.21. The average molecular weight is 431 g/mol. The second-order valence-corrected chi connectivity index (χ2v) is 9.11. The van der Waals surface area contributed by atoms with Crippen LogP contribution >= 0.6 is 0 Å². The van der Waals surface area contributed by atoms with Gasteiger partial charge in [-0.05, 0) is 92.2 Å². The molecule has 0 saturated carbocycles. The van der Waals surface area contributed by atoms with E-state index in [-0.39, 0.29) is 17.8 Å². The number of nitrogens with one attached hydrogen (secondary N) is 1. The van der Waals surface area contributed by atoms with Crippen LogP contribution < -0.4 is 5.32 Å². The summed E-state index contributed by atoms with van der Waals surface area (Å²) in [5.41, 5.74) is 6.64. The summed E-state index contributed by atoms with van der Waals surface area (Å²) in [4.78, 5) is 15.1. The lowest BCUT2D eigenvalue weighted by Gasteiger charge is -2.27. The summed E-state index contributed by atoms with van der Waals surface area (Å²) < 4.78 is 13.1. The van der Waals surface area contributed by atoms with Crippen molar-refractivity contribution in [2.45, 2.75) is 51.7 Å². The van der Waals surface area contributed by atoms with Crippen molar-refractivity contribution in [1.29, 1.82) is 0 Å². The summed E-state index contributed by atoms with van der Waals surface area (Å²) in [5.74, 6) is -0.294. The fourth-order valence-electron chi connectivity index (χ4n) is 4.23. The molecule has 0 fully saturated rings. The van der Waals surface area contributed by atoms with Gasteiger partial charge in [-0.15, -0.1) is 0 Å². The number of carbonyl (C=O) groups is 1. The zero-order chi connectivity index (χ0) is 22.7. The van der Waals surface area contributed by atoms with Crippen molar-refractivity contribution in [2.75, 3.05) is 7.05 Å². The number of benzene rings is 3. The van der Waals surface area contributed by atoms with Crippen molar-refractivity contribution in [3.63, 3.8) is 0 Å². The predicted octanol–water partition coefficient (Wildman–Crippen LogP) is 5.62. The third-order valence-corrected chi connectivity index (χ3v) is 6.47. The van der Waals surface area contributed by atoms with Gasteiger partial charge in [-0.25, -0.2) is 4.39 Å². The van der Waals surface area contributed by atoms with Gasteiger partial charge in [0.25, 0.3) is 5.91 Å². The van der Waals surface area contributed by atoms with Crippen LogP contribution in [0.15, 0.2) is 66.7 Å². The predicted molar refractivity (Wildman–Crippen MR) is 128 cm³/mol. The Kier molecular flexibility index (Phi) is 6.71. The van der Waals surface area contributed by atoms with E-state index >= 15 is 0 Å². The summed E-state index contributed by atoms with van der Waals surface area (Å²) in [6.45, 7) is 5.38. The molecule has 0 spiro atoms. The van der Waals surface area contributed by atoms with Crippen molar-refractivity contribution in [3.8, 4) is 11.1 Å². The van der Waals surface area contributed by atoms with Gasteiger partial charge in [-0.1, -0.05) is 42.5 Å². The molecule has 0 radical (unpaired) electrons. The molecule has 1 aliphatic rings. The highest BCUT2D eigenvalue weighted by molar-refractivity contribution is 5.94. The van der Waals surface area contributed by atoms with Gasteiger partial charge in [0.2, 0.25) is 0 Å². The van der Waals surface area contributed by atoms with Crippen LogP contribution in [0.25, 0.3) is 11.1 Å². The maximum absolute atomic E-state index is 13.1. The maximum Gasteiger partial charge on any atom is 0.251 e. The second-order valence-electron chi connectivity index (χ2n) is 9.11. The third-order valence-electron chi connectivity index (χ3n) is 6.47. The minimum Gasteiger partial charge on any atom is -0.349 e. The molecule has 0 bridgehead atoms. The molecule has 4 rings (SSSR count). The standard InChI is InChI=1S/C28H31FN2O/c1-19(2)31(3)18-20-4-5-25-17-27(15-12-24(25)16-20)30-28(32)23-8-6-21(7-9-23)22-10-13-26(29)14-11-22/h4-11,13-14,16,19,27H,12,15,17-18H2,1-3H3,(H,30,32). The van der Waals surface area contributed by atoms with Gasteiger partial charge >= 0.3 is 0 Å². The van der Waals surface area contributed by atoms with E-state index in [1.807, 2.05) is 24.3 Å². The van der Waals surface area contributed by atoms with Gasteiger partial charge in [-0.2, -0.15) is 0 Å². The summed E-state index contributed by atoms with van der Waals surface area (Å²) in [6.07, 6.45) is 2.81. The molecule has 1 atom stereocenters. The monoisotopic (exact) mass is 430 g/mol. The second kappa shape index (κ2) is 9.66. The Bertz CT molecular complexity index is 1070. The van der Waals surface area contributed by atoms with Crippen LogP contribution in [0.3, 0.4) is 0 Å². The number of rotatable bonds is 6. The van der Waals surface area contributed by atoms with Crippen LogP contribution in [0.4, 0.5) is 4.39 Å². The summed E-state index contributed by atoms with van der Waals surface area (Å²) in [6, 6.07) is 21.3. The van der Waals surface area contributed by atoms with Crippen LogP contribution in [0, 0.1) is 5.82 Å². The van der Waals surface area contributed by atoms with Crippen LogP contribution in [-0.4, -0.2) is 29.9 Å². The van der Waals surface area contributed by atoms with Gasteiger partial charge in [0, 0.05) is 24.2 Å². The summed E-state index contributed by atoms with van der Waals surface area (Å²) in [7, 11) is 2.15. The molecule has 166 valence electrons. The highest BCUT2D eigenvalue weighted by Crippen LogP contribution is 2.24. The first kappa shape index (κ1) is 22.2. The van der Waals surface area contributed by atoms with E-state index in [0.29, 0.717) is 11.6 Å². The quantitative estimate of drug-likeness (QED) is 0.550. The Hall–Kier alpha value is -2.98. The summed E-state index contributed by atoms with van der Waals surface area (Å²) in [5, 5.41) is 3.21. The number of carbonyl (C=O) groups excluding carboxylic acids is 1. The lowest BCUT2D eigenvalue weighted by molar-refractivity contribution is 0.0933. The van der Waals surface area contributed by atoms with Crippen LogP contribution in [0.5, 0.6) is 0 Å². The van der Waals surface area contributed by atoms with Gasteiger partial charge in [0.15, 0.2) is 0 Å². The Balaban J connectivity index is 1.37. The van der Waals surface area contributed by atoms with Crippen LogP contribution in [0.1, 0.15) is 47.3 Å². The minimum absolute atomic E-state index is 0.0423. The Morgan fingerprint density at radius 2 is 1.66 bits per heavy atom. The Morgan fingerprint density at radius 3 is 2.31 bits per heavy atom. The zero-order valence-electron chi connectivity index (χ0n) is 19.1. The third kappa shape index (κ3) is 5.25. The van der Waals surface area contributed by atoms with Crippen molar-refractivity contribution in [2.24, 2.45) is 0 Å². The number of nitrogens with zero attached hydrogens (tertiary/aromatic N) is 1. The summed E-state index contributed by atoms with van der Waals surface area (Å²) >= 11 is 0. The number of hydrogen-bond donors (Lipinski definition) is 1. The van der Waals surface area contributed by atoms with E-state index in [4.69, 9.17) is 0 Å². The molecule has 3 aromatic carbocycles. The van der Waals surface area contributed by atoms with Crippen LogP contribution in [0.2, 0.25) is 0 Å². The largest absolute Gasteiger partial charge is 0.349 e. The molecule has 3 nitrogen and oxygen atoms in total. The van der Waals surface area contributed by atoms with Crippen molar-refractivity contribution in [3.05, 3.63) is 94.8 Å². The molecule has 1 aliphatic carbocycles. The average Bonchev–Trinajstić information content (AvgIpc) is 2.79. The number of amides is 1. The molecular formula is C28H31FN2O. The smallest absolute Gasteiger partial charge is 0.251 e. The molecule has 0 aliphatic heterocycles. The normalized spacial score (nSPS) is 15.6. The van der Waals surface area contributed by atoms with Crippen LogP contribution in [-0.2, 0) is 19.4 Å². The molecule has 4 heteroatoms. The van der Waals surface area contributed by atoms with E-state index in [0.717, 1.165) is 36.9 Å². The van der Waals surface area contributed by atoms with Gasteiger partial charge in [-0.3, -0.25) is 9.69 Å². The maximum atomic E-state index is 13.1. The van der Waals surface area contributed by atoms with Crippen molar-refractivity contribution >= 4 is 5.91 Å². The molecule has 0 aromatic heterocycles. The SMILES string of the molecule is CC(C)N(C)Cc1ccc2c(c1)CCC(NC(=O)c1ccc(-c3ccc(F)cc3)cc1)C2. The number of fused-ring (bicyclic) bond motifs is 1. The first-order valence-electron chi connectivity index (χ1n) is 11.4. The van der Waals surface area contributed by atoms with E-state index in [9.17, 15) is 9.18 Å².